The number of imidazole rings is 1. The molecule has 0 radical (unpaired) electrons. The van der Waals surface area contributed by atoms with Crippen LogP contribution in [-0.4, -0.2) is 27.6 Å². The molecule has 0 bridgehead atoms. The van der Waals surface area contributed by atoms with Gasteiger partial charge in [-0.2, -0.15) is 0 Å². The van der Waals surface area contributed by atoms with Crippen LogP contribution in [0.2, 0.25) is 5.02 Å². The van der Waals surface area contributed by atoms with Gasteiger partial charge in [0.1, 0.15) is 11.6 Å². The Hall–Kier alpha value is -3.42. The highest BCUT2D eigenvalue weighted by Crippen LogP contribution is 2.26. The molecule has 8 heteroatoms. The van der Waals surface area contributed by atoms with Gasteiger partial charge in [-0.15, -0.1) is 0 Å². The minimum atomic E-state index is -0.296. The van der Waals surface area contributed by atoms with Crippen LogP contribution >= 0.6 is 23.8 Å². The highest BCUT2D eigenvalue weighted by molar-refractivity contribution is 7.80. The van der Waals surface area contributed by atoms with E-state index in [1.165, 1.54) is 0 Å². The first-order valence-corrected chi connectivity index (χ1v) is 11.3. The lowest BCUT2D eigenvalue weighted by atomic mass is 10.2. The first-order valence-electron chi connectivity index (χ1n) is 10.5. The van der Waals surface area contributed by atoms with Crippen LogP contribution in [0.5, 0.6) is 5.75 Å². The molecule has 4 aromatic rings. The number of benzene rings is 3. The smallest absolute Gasteiger partial charge is 0.257 e. The molecule has 0 atom stereocenters. The van der Waals surface area contributed by atoms with E-state index in [-0.39, 0.29) is 11.0 Å². The molecule has 1 heterocycles. The zero-order valence-electron chi connectivity index (χ0n) is 18.2. The molecule has 3 N–H and O–H groups in total. The fourth-order valence-electron chi connectivity index (χ4n) is 3.28. The van der Waals surface area contributed by atoms with Crippen LogP contribution in [0.3, 0.4) is 0 Å². The molecule has 0 aliphatic carbocycles. The van der Waals surface area contributed by atoms with Crippen LogP contribution in [-0.2, 0) is 0 Å². The Morgan fingerprint density at radius 1 is 1.15 bits per heavy atom. The van der Waals surface area contributed by atoms with Crippen molar-refractivity contribution in [3.05, 3.63) is 76.8 Å². The Balaban J connectivity index is 1.43. The highest BCUT2D eigenvalue weighted by atomic mass is 35.5. The van der Waals surface area contributed by atoms with E-state index in [2.05, 4.69) is 20.6 Å². The number of anilines is 1. The number of carbonyl (C=O) groups is 1. The van der Waals surface area contributed by atoms with Crippen LogP contribution in [0.4, 0.5) is 5.69 Å². The molecular weight excluding hydrogens is 456 g/mol. The van der Waals surface area contributed by atoms with Crippen LogP contribution in [0.1, 0.15) is 29.3 Å². The van der Waals surface area contributed by atoms with Gasteiger partial charge in [0.2, 0.25) is 0 Å². The zero-order chi connectivity index (χ0) is 23.4. The van der Waals surface area contributed by atoms with Crippen molar-refractivity contribution in [1.29, 1.82) is 0 Å². The number of H-pyrrole nitrogens is 1. The summed E-state index contributed by atoms with van der Waals surface area (Å²) in [5, 5.41) is 6.64. The maximum atomic E-state index is 12.5. The third kappa shape index (κ3) is 5.50. The number of aryl methyl sites for hydroxylation is 1. The number of hydrogen-bond acceptors (Lipinski definition) is 4. The number of aromatic amines is 1. The zero-order valence-corrected chi connectivity index (χ0v) is 19.8. The van der Waals surface area contributed by atoms with E-state index in [1.54, 1.807) is 24.3 Å². The Bertz CT molecular complexity index is 1280. The third-order valence-corrected chi connectivity index (χ3v) is 5.58. The van der Waals surface area contributed by atoms with Crippen molar-refractivity contribution in [2.24, 2.45) is 0 Å². The van der Waals surface area contributed by atoms with Crippen LogP contribution in [0.15, 0.2) is 60.7 Å². The molecule has 0 aliphatic rings. The summed E-state index contributed by atoms with van der Waals surface area (Å²) in [6.07, 6.45) is 0.924. The molecule has 33 heavy (non-hydrogen) atoms. The average Bonchev–Trinajstić information content (AvgIpc) is 3.21. The predicted molar refractivity (Wildman–Crippen MR) is 137 cm³/mol. The Morgan fingerprint density at radius 2 is 1.94 bits per heavy atom. The number of nitrogens with zero attached hydrogens (tertiary/aromatic N) is 1. The lowest BCUT2D eigenvalue weighted by molar-refractivity contribution is 0.0977. The molecule has 168 valence electrons. The first kappa shape index (κ1) is 22.8. The number of amides is 1. The number of thiocarbonyl (C=S) groups is 1. The first-order chi connectivity index (χ1) is 15.9. The highest BCUT2D eigenvalue weighted by Gasteiger charge is 2.11. The molecule has 0 fully saturated rings. The Labute approximate surface area is 202 Å². The van der Waals surface area contributed by atoms with E-state index in [0.717, 1.165) is 45.8 Å². The van der Waals surface area contributed by atoms with Crippen LogP contribution < -0.4 is 15.4 Å². The number of nitrogens with one attached hydrogen (secondary N) is 3. The van der Waals surface area contributed by atoms with Crippen molar-refractivity contribution >= 4 is 51.6 Å². The lowest BCUT2D eigenvalue weighted by Gasteiger charge is -2.11. The second kappa shape index (κ2) is 10.0. The quantitative estimate of drug-likeness (QED) is 0.291. The van der Waals surface area contributed by atoms with E-state index in [9.17, 15) is 4.79 Å². The topological polar surface area (TPSA) is 79.0 Å². The van der Waals surface area contributed by atoms with Crippen molar-refractivity contribution in [3.63, 3.8) is 0 Å². The number of carbonyl (C=O) groups excluding carboxylic acids is 1. The normalized spacial score (nSPS) is 10.8. The van der Waals surface area contributed by atoms with Crippen molar-refractivity contribution < 1.29 is 9.53 Å². The summed E-state index contributed by atoms with van der Waals surface area (Å²) in [5.41, 5.74) is 4.80. The van der Waals surface area contributed by atoms with E-state index in [4.69, 9.17) is 28.6 Å². The molecule has 0 saturated carbocycles. The molecule has 0 saturated heterocycles. The van der Waals surface area contributed by atoms with Crippen LogP contribution in [0, 0.1) is 6.92 Å². The van der Waals surface area contributed by atoms with Gasteiger partial charge in [0.05, 0.1) is 17.6 Å². The maximum absolute atomic E-state index is 12.5. The summed E-state index contributed by atoms with van der Waals surface area (Å²) in [6, 6.07) is 18.4. The number of hydrogen-bond donors (Lipinski definition) is 3. The summed E-state index contributed by atoms with van der Waals surface area (Å²) in [6.45, 7) is 4.63. The minimum Gasteiger partial charge on any atom is -0.494 e. The second-order valence-corrected chi connectivity index (χ2v) is 8.38. The summed E-state index contributed by atoms with van der Waals surface area (Å²) in [4.78, 5) is 20.5. The minimum absolute atomic E-state index is 0.204. The number of aromatic nitrogens is 2. The van der Waals surface area contributed by atoms with Gasteiger partial charge in [0.25, 0.3) is 5.91 Å². The number of ether oxygens (including phenoxy) is 1. The largest absolute Gasteiger partial charge is 0.494 e. The molecule has 0 spiro atoms. The Kier molecular flexibility index (Phi) is 6.91. The number of halogens is 1. The molecular formula is C25H23ClN4O2S. The maximum Gasteiger partial charge on any atom is 0.257 e. The van der Waals surface area contributed by atoms with Gasteiger partial charge >= 0.3 is 0 Å². The monoisotopic (exact) mass is 478 g/mol. The van der Waals surface area contributed by atoms with Gasteiger partial charge in [-0.25, -0.2) is 4.98 Å². The number of rotatable bonds is 6. The van der Waals surface area contributed by atoms with Crippen LogP contribution in [0.25, 0.3) is 22.4 Å². The molecule has 4 rings (SSSR count). The van der Waals surface area contributed by atoms with Crippen molar-refractivity contribution in [3.8, 4) is 17.1 Å². The second-order valence-electron chi connectivity index (χ2n) is 7.57. The molecule has 0 unspecified atom stereocenters. The summed E-state index contributed by atoms with van der Waals surface area (Å²) < 4.78 is 5.54. The van der Waals surface area contributed by atoms with Gasteiger partial charge in [-0.05, 0) is 79.7 Å². The van der Waals surface area contributed by atoms with Gasteiger partial charge < -0.3 is 15.0 Å². The molecule has 3 aromatic carbocycles. The van der Waals surface area contributed by atoms with Crippen molar-refractivity contribution in [1.82, 2.24) is 15.3 Å². The van der Waals surface area contributed by atoms with Crippen molar-refractivity contribution in [2.45, 2.75) is 20.3 Å². The molecule has 1 amide bonds. The average molecular weight is 479 g/mol. The molecule has 6 nitrogen and oxygen atoms in total. The fourth-order valence-corrected chi connectivity index (χ4v) is 3.65. The van der Waals surface area contributed by atoms with Gasteiger partial charge in [0.15, 0.2) is 5.11 Å². The van der Waals surface area contributed by atoms with E-state index in [0.29, 0.717) is 17.2 Å². The van der Waals surface area contributed by atoms with E-state index >= 15 is 0 Å². The summed E-state index contributed by atoms with van der Waals surface area (Å²) in [7, 11) is 0. The van der Waals surface area contributed by atoms with E-state index < -0.39 is 0 Å². The van der Waals surface area contributed by atoms with Gasteiger partial charge in [-0.3, -0.25) is 10.1 Å². The lowest BCUT2D eigenvalue weighted by Crippen LogP contribution is -2.34. The fraction of sp³-hybridized carbons (Fsp3) is 0.160. The van der Waals surface area contributed by atoms with Gasteiger partial charge in [-0.1, -0.05) is 30.7 Å². The predicted octanol–water partition coefficient (Wildman–Crippen LogP) is 6.11. The molecule has 1 aromatic heterocycles. The van der Waals surface area contributed by atoms with Crippen molar-refractivity contribution in [2.75, 3.05) is 11.9 Å². The Morgan fingerprint density at radius 3 is 2.70 bits per heavy atom. The van der Waals surface area contributed by atoms with Gasteiger partial charge in [0, 0.05) is 21.8 Å². The molecule has 0 aliphatic heterocycles. The third-order valence-electron chi connectivity index (χ3n) is 4.97. The SMILES string of the molecule is CCCOc1ccc(C(=O)NC(=S)Nc2cccc(-c3nc4cc(Cl)c(C)cc4[nH]3)c2)cc1. The van der Waals surface area contributed by atoms with E-state index in [1.807, 2.05) is 50.2 Å². The summed E-state index contributed by atoms with van der Waals surface area (Å²) >= 11 is 11.6. The standard InChI is InChI=1S/C25H23ClN4O2S/c1-3-11-32-19-9-7-16(8-10-19)24(31)30-25(33)27-18-6-4-5-17(13-18)23-28-21-12-15(2)20(26)14-22(21)29-23/h4-10,12-14H,3,11H2,1-2H3,(H,28,29)(H2,27,30,31,33). The summed E-state index contributed by atoms with van der Waals surface area (Å²) in [5.74, 6) is 1.15. The number of fused-ring (bicyclic) bond motifs is 1.